The Kier molecular flexibility index (Phi) is 5.91. The Labute approximate surface area is 198 Å². The number of carboxylic acid groups (broad SMARTS) is 1. The second-order valence-electron chi connectivity index (χ2n) is 9.01. The first-order chi connectivity index (χ1) is 16.3. The SMILES string of the molecule is O=C(O)C1CCN(c2cccc3cc(S(=O)(=O)c4cccc(N5CCC(O)C5)c4)cnc23)CC1. The number of fused-ring (bicyclic) bond motifs is 1. The molecule has 2 aromatic carbocycles. The van der Waals surface area contributed by atoms with E-state index < -0.39 is 21.9 Å². The van der Waals surface area contributed by atoms with Gasteiger partial charge in [0.1, 0.15) is 0 Å². The lowest BCUT2D eigenvalue weighted by atomic mass is 9.96. The van der Waals surface area contributed by atoms with Crippen LogP contribution in [0.15, 0.2) is 64.5 Å². The Bertz CT molecular complexity index is 1340. The number of anilines is 2. The summed E-state index contributed by atoms with van der Waals surface area (Å²) >= 11 is 0. The van der Waals surface area contributed by atoms with E-state index in [9.17, 15) is 23.4 Å². The zero-order valence-corrected chi connectivity index (χ0v) is 19.5. The summed E-state index contributed by atoms with van der Waals surface area (Å²) in [6.45, 7) is 2.42. The Morgan fingerprint density at radius 1 is 0.941 bits per heavy atom. The number of aromatic nitrogens is 1. The minimum atomic E-state index is -3.78. The Morgan fingerprint density at radius 3 is 2.38 bits per heavy atom. The Balaban J connectivity index is 1.44. The van der Waals surface area contributed by atoms with Gasteiger partial charge in [-0.1, -0.05) is 18.2 Å². The van der Waals surface area contributed by atoms with Gasteiger partial charge >= 0.3 is 5.97 Å². The second-order valence-corrected chi connectivity index (χ2v) is 11.0. The molecule has 0 bridgehead atoms. The zero-order chi connectivity index (χ0) is 23.9. The van der Waals surface area contributed by atoms with Crippen LogP contribution in [0.25, 0.3) is 10.9 Å². The summed E-state index contributed by atoms with van der Waals surface area (Å²) in [5, 5.41) is 19.8. The predicted octanol–water partition coefficient (Wildman–Crippen LogP) is 2.94. The predicted molar refractivity (Wildman–Crippen MR) is 129 cm³/mol. The van der Waals surface area contributed by atoms with Crippen molar-refractivity contribution in [1.29, 1.82) is 0 Å². The first-order valence-electron chi connectivity index (χ1n) is 11.5. The van der Waals surface area contributed by atoms with Crippen molar-refractivity contribution >= 4 is 38.1 Å². The summed E-state index contributed by atoms with van der Waals surface area (Å²) in [5.41, 5.74) is 2.37. The first-order valence-corrected chi connectivity index (χ1v) is 13.0. The van der Waals surface area contributed by atoms with E-state index in [1.165, 1.54) is 6.20 Å². The van der Waals surface area contributed by atoms with Crippen molar-refractivity contribution in [2.75, 3.05) is 36.0 Å². The topological polar surface area (TPSA) is 111 Å². The van der Waals surface area contributed by atoms with Gasteiger partial charge in [0.05, 0.1) is 33.0 Å². The van der Waals surface area contributed by atoms with Crippen molar-refractivity contribution in [3.8, 4) is 0 Å². The van der Waals surface area contributed by atoms with Crippen LogP contribution in [0.1, 0.15) is 19.3 Å². The van der Waals surface area contributed by atoms with Gasteiger partial charge in [0.2, 0.25) is 9.84 Å². The van der Waals surface area contributed by atoms with Gasteiger partial charge in [0, 0.05) is 43.4 Å². The average molecular weight is 482 g/mol. The fraction of sp³-hybridized carbons (Fsp3) is 0.360. The highest BCUT2D eigenvalue weighted by atomic mass is 32.2. The van der Waals surface area contributed by atoms with Crippen LogP contribution in [0.5, 0.6) is 0 Å². The molecule has 0 saturated carbocycles. The molecule has 2 fully saturated rings. The number of carboxylic acids is 1. The molecule has 0 amide bonds. The third-order valence-electron chi connectivity index (χ3n) is 6.82. The van der Waals surface area contributed by atoms with E-state index >= 15 is 0 Å². The molecule has 1 aromatic heterocycles. The van der Waals surface area contributed by atoms with Gasteiger partial charge in [-0.25, -0.2) is 8.42 Å². The molecule has 3 heterocycles. The molecule has 2 N–H and O–H groups in total. The Morgan fingerprint density at radius 2 is 1.68 bits per heavy atom. The van der Waals surface area contributed by atoms with Crippen molar-refractivity contribution in [3.63, 3.8) is 0 Å². The van der Waals surface area contributed by atoms with Crippen LogP contribution in [0.4, 0.5) is 11.4 Å². The number of piperidine rings is 1. The van der Waals surface area contributed by atoms with E-state index in [0.717, 1.165) is 16.8 Å². The largest absolute Gasteiger partial charge is 0.481 e. The van der Waals surface area contributed by atoms with E-state index in [0.29, 0.717) is 51.0 Å². The fourth-order valence-electron chi connectivity index (χ4n) is 4.85. The van der Waals surface area contributed by atoms with Crippen molar-refractivity contribution in [2.45, 2.75) is 35.2 Å². The summed E-state index contributed by atoms with van der Waals surface area (Å²) < 4.78 is 26.8. The van der Waals surface area contributed by atoms with Crippen LogP contribution in [-0.2, 0) is 14.6 Å². The smallest absolute Gasteiger partial charge is 0.306 e. The normalized spacial score (nSPS) is 19.6. The third-order valence-corrected chi connectivity index (χ3v) is 8.53. The van der Waals surface area contributed by atoms with E-state index in [1.54, 1.807) is 24.3 Å². The number of β-amino-alcohol motifs (C(OH)–C–C–N with tert-alkyl or cyclic N) is 1. The third kappa shape index (κ3) is 4.21. The number of para-hydroxylation sites is 1. The maximum absolute atomic E-state index is 13.4. The summed E-state index contributed by atoms with van der Waals surface area (Å²) in [7, 11) is -3.78. The number of hydrogen-bond donors (Lipinski definition) is 2. The average Bonchev–Trinajstić information content (AvgIpc) is 3.29. The number of rotatable bonds is 5. The maximum Gasteiger partial charge on any atom is 0.306 e. The summed E-state index contributed by atoms with van der Waals surface area (Å²) in [6.07, 6.45) is 2.82. The summed E-state index contributed by atoms with van der Waals surface area (Å²) in [6, 6.07) is 14.1. The van der Waals surface area contributed by atoms with E-state index in [-0.39, 0.29) is 15.7 Å². The Hall–Kier alpha value is -3.17. The molecule has 8 nitrogen and oxygen atoms in total. The highest BCUT2D eigenvalue weighted by Crippen LogP contribution is 2.32. The molecule has 1 atom stereocenters. The number of aliphatic hydroxyl groups is 1. The van der Waals surface area contributed by atoms with Gasteiger partial charge in [0.15, 0.2) is 0 Å². The zero-order valence-electron chi connectivity index (χ0n) is 18.7. The lowest BCUT2D eigenvalue weighted by Crippen LogP contribution is -2.36. The van der Waals surface area contributed by atoms with Crippen molar-refractivity contribution in [2.24, 2.45) is 5.92 Å². The van der Waals surface area contributed by atoms with Gasteiger partial charge in [0.25, 0.3) is 0 Å². The standard InChI is InChI=1S/C25H27N3O5S/c29-20-9-12-28(16-20)19-4-2-5-21(14-19)34(32,33)22-13-18-3-1-6-23(24(18)26-15-22)27-10-7-17(8-11-27)25(30)31/h1-6,13-15,17,20,29H,7-12,16H2,(H,30,31). The molecular formula is C25H27N3O5S. The molecule has 9 heteroatoms. The van der Waals surface area contributed by atoms with Gasteiger partial charge in [-0.15, -0.1) is 0 Å². The number of aliphatic hydroxyl groups excluding tert-OH is 1. The van der Waals surface area contributed by atoms with Crippen molar-refractivity contribution in [1.82, 2.24) is 4.98 Å². The van der Waals surface area contributed by atoms with Gasteiger partial charge in [-0.3, -0.25) is 9.78 Å². The van der Waals surface area contributed by atoms with Crippen molar-refractivity contribution in [3.05, 3.63) is 54.7 Å². The highest BCUT2D eigenvalue weighted by molar-refractivity contribution is 7.91. The summed E-state index contributed by atoms with van der Waals surface area (Å²) in [5.74, 6) is -1.08. The van der Waals surface area contributed by atoms with Crippen LogP contribution >= 0.6 is 0 Å². The highest BCUT2D eigenvalue weighted by Gasteiger charge is 2.27. The number of carbonyl (C=O) groups is 1. The lowest BCUT2D eigenvalue weighted by Gasteiger charge is -2.32. The van der Waals surface area contributed by atoms with Crippen LogP contribution in [0.3, 0.4) is 0 Å². The first kappa shape index (κ1) is 22.6. The minimum Gasteiger partial charge on any atom is -0.481 e. The molecule has 34 heavy (non-hydrogen) atoms. The number of pyridine rings is 1. The number of hydrogen-bond acceptors (Lipinski definition) is 7. The molecule has 2 aliphatic heterocycles. The molecule has 5 rings (SSSR count). The van der Waals surface area contributed by atoms with E-state index in [2.05, 4.69) is 9.88 Å². The van der Waals surface area contributed by atoms with Gasteiger partial charge < -0.3 is 20.0 Å². The van der Waals surface area contributed by atoms with Gasteiger partial charge in [-0.05, 0) is 49.6 Å². The molecular weight excluding hydrogens is 454 g/mol. The molecule has 0 radical (unpaired) electrons. The van der Waals surface area contributed by atoms with Crippen molar-refractivity contribution < 1.29 is 23.4 Å². The number of aliphatic carboxylic acids is 1. The second kappa shape index (κ2) is 8.88. The maximum atomic E-state index is 13.4. The molecule has 178 valence electrons. The minimum absolute atomic E-state index is 0.125. The van der Waals surface area contributed by atoms with Crippen LogP contribution in [0.2, 0.25) is 0 Å². The lowest BCUT2D eigenvalue weighted by molar-refractivity contribution is -0.142. The molecule has 1 unspecified atom stereocenters. The quantitative estimate of drug-likeness (QED) is 0.572. The van der Waals surface area contributed by atoms with E-state index in [4.69, 9.17) is 0 Å². The number of nitrogens with zero attached hydrogens (tertiary/aromatic N) is 3. The number of benzene rings is 2. The van der Waals surface area contributed by atoms with E-state index in [1.807, 2.05) is 29.2 Å². The van der Waals surface area contributed by atoms with Gasteiger partial charge in [-0.2, -0.15) is 0 Å². The van der Waals surface area contributed by atoms with Crippen LogP contribution in [0, 0.1) is 5.92 Å². The fourth-order valence-corrected chi connectivity index (χ4v) is 6.13. The molecule has 0 spiro atoms. The monoisotopic (exact) mass is 481 g/mol. The van der Waals surface area contributed by atoms with Crippen LogP contribution in [-0.4, -0.2) is 61.9 Å². The molecule has 0 aliphatic carbocycles. The number of sulfone groups is 1. The van der Waals surface area contributed by atoms with Crippen LogP contribution < -0.4 is 9.80 Å². The molecule has 2 saturated heterocycles. The molecule has 3 aromatic rings. The summed E-state index contributed by atoms with van der Waals surface area (Å²) in [4.78, 5) is 20.2. The molecule has 2 aliphatic rings.